The van der Waals surface area contributed by atoms with E-state index in [9.17, 15) is 9.90 Å². The number of rotatable bonds is 3. The molecule has 0 spiro atoms. The Bertz CT molecular complexity index is 475. The van der Waals surface area contributed by atoms with E-state index in [0.29, 0.717) is 23.7 Å². The number of phenols is 1. The first-order valence-corrected chi connectivity index (χ1v) is 6.94. The van der Waals surface area contributed by atoms with E-state index in [2.05, 4.69) is 17.3 Å². The van der Waals surface area contributed by atoms with Gasteiger partial charge in [-0.25, -0.2) is 0 Å². The quantitative estimate of drug-likeness (QED) is 0.646. The maximum absolute atomic E-state index is 10.7. The lowest BCUT2D eigenvalue weighted by Crippen LogP contribution is -2.44. The number of fused-ring (bicyclic) bond motifs is 2. The number of aromatic hydroxyl groups is 1. The molecular formula is C15H20N2O2. The van der Waals surface area contributed by atoms with Crippen LogP contribution in [0.2, 0.25) is 0 Å². The highest BCUT2D eigenvalue weighted by atomic mass is 16.3. The highest BCUT2D eigenvalue weighted by molar-refractivity contribution is 5.77. The number of phenolic OH excluding ortho intramolecular Hbond substituents is 1. The molecule has 2 bridgehead atoms. The van der Waals surface area contributed by atoms with Gasteiger partial charge in [-0.2, -0.15) is 0 Å². The van der Waals surface area contributed by atoms with E-state index in [1.807, 2.05) is 0 Å². The summed E-state index contributed by atoms with van der Waals surface area (Å²) in [7, 11) is 2.22. The maximum Gasteiger partial charge on any atom is 0.150 e. The molecule has 0 aliphatic carbocycles. The van der Waals surface area contributed by atoms with Gasteiger partial charge in [0, 0.05) is 23.7 Å². The van der Waals surface area contributed by atoms with Crippen molar-refractivity contribution in [2.24, 2.45) is 0 Å². The van der Waals surface area contributed by atoms with E-state index in [0.717, 1.165) is 24.8 Å². The molecule has 2 N–H and O–H groups in total. The van der Waals surface area contributed by atoms with Crippen LogP contribution in [0.3, 0.4) is 0 Å². The van der Waals surface area contributed by atoms with Crippen LogP contribution in [0.5, 0.6) is 5.75 Å². The largest absolute Gasteiger partial charge is 0.506 e. The second-order valence-corrected chi connectivity index (χ2v) is 5.76. The molecule has 2 saturated heterocycles. The number of carbonyl (C=O) groups excluding carboxylic acids is 1. The molecule has 2 fully saturated rings. The van der Waals surface area contributed by atoms with Crippen molar-refractivity contribution in [1.82, 2.24) is 4.90 Å². The van der Waals surface area contributed by atoms with E-state index < -0.39 is 0 Å². The molecule has 2 aliphatic heterocycles. The minimum Gasteiger partial charge on any atom is -0.506 e. The van der Waals surface area contributed by atoms with Gasteiger partial charge in [0.2, 0.25) is 0 Å². The van der Waals surface area contributed by atoms with E-state index >= 15 is 0 Å². The molecule has 2 aliphatic rings. The lowest BCUT2D eigenvalue weighted by atomic mass is 9.97. The van der Waals surface area contributed by atoms with Crippen LogP contribution in [-0.2, 0) is 0 Å². The summed E-state index contributed by atoms with van der Waals surface area (Å²) in [5.74, 6) is 0.163. The van der Waals surface area contributed by atoms with Crippen molar-refractivity contribution in [1.29, 1.82) is 0 Å². The summed E-state index contributed by atoms with van der Waals surface area (Å²) in [4.78, 5) is 13.1. The molecular weight excluding hydrogens is 240 g/mol. The van der Waals surface area contributed by atoms with E-state index in [1.165, 1.54) is 18.9 Å². The van der Waals surface area contributed by atoms with Crippen molar-refractivity contribution in [3.05, 3.63) is 23.8 Å². The first-order valence-electron chi connectivity index (χ1n) is 6.94. The highest BCUT2D eigenvalue weighted by Crippen LogP contribution is 2.36. The smallest absolute Gasteiger partial charge is 0.150 e. The summed E-state index contributed by atoms with van der Waals surface area (Å²) in [5, 5.41) is 13.3. The second kappa shape index (κ2) is 4.85. The SMILES string of the molecule is CN1C2CCC1CC(Nc1ccc(C=O)cc1O)C2. The van der Waals surface area contributed by atoms with Gasteiger partial charge in [-0.05, 0) is 50.9 Å². The van der Waals surface area contributed by atoms with Gasteiger partial charge >= 0.3 is 0 Å². The summed E-state index contributed by atoms with van der Waals surface area (Å²) in [6, 6.07) is 6.80. The maximum atomic E-state index is 10.7. The van der Waals surface area contributed by atoms with E-state index in [1.54, 1.807) is 12.1 Å². The summed E-state index contributed by atoms with van der Waals surface area (Å²) < 4.78 is 0. The third kappa shape index (κ3) is 2.32. The fraction of sp³-hybridized carbons (Fsp3) is 0.533. The fourth-order valence-corrected chi connectivity index (χ4v) is 3.49. The van der Waals surface area contributed by atoms with Crippen molar-refractivity contribution in [2.45, 2.75) is 43.8 Å². The minimum atomic E-state index is 0.163. The molecule has 4 nitrogen and oxygen atoms in total. The Kier molecular flexibility index (Phi) is 3.19. The van der Waals surface area contributed by atoms with Crippen molar-refractivity contribution in [3.63, 3.8) is 0 Å². The molecule has 19 heavy (non-hydrogen) atoms. The van der Waals surface area contributed by atoms with Gasteiger partial charge in [-0.3, -0.25) is 4.79 Å². The number of carbonyl (C=O) groups is 1. The van der Waals surface area contributed by atoms with Crippen LogP contribution >= 0.6 is 0 Å². The molecule has 2 heterocycles. The molecule has 3 rings (SSSR count). The normalized spacial score (nSPS) is 30.3. The molecule has 1 aromatic rings. The van der Waals surface area contributed by atoms with Crippen molar-refractivity contribution >= 4 is 12.0 Å². The number of hydrogen-bond donors (Lipinski definition) is 2. The van der Waals surface area contributed by atoms with Crippen LogP contribution in [0.1, 0.15) is 36.0 Å². The number of nitrogens with one attached hydrogen (secondary N) is 1. The molecule has 4 heteroatoms. The Hall–Kier alpha value is -1.55. The number of anilines is 1. The first kappa shape index (κ1) is 12.5. The topological polar surface area (TPSA) is 52.6 Å². The Labute approximate surface area is 113 Å². The summed E-state index contributed by atoms with van der Waals surface area (Å²) in [6.45, 7) is 0. The lowest BCUT2D eigenvalue weighted by molar-refractivity contribution is 0.112. The molecule has 0 aromatic heterocycles. The zero-order valence-corrected chi connectivity index (χ0v) is 11.2. The standard InChI is InChI=1S/C15H20N2O2/c1-17-12-3-4-13(17)8-11(7-12)16-14-5-2-10(9-18)6-15(14)19/h2,5-6,9,11-13,16,19H,3-4,7-8H2,1H3. The van der Waals surface area contributed by atoms with Crippen molar-refractivity contribution < 1.29 is 9.90 Å². The molecule has 2 atom stereocenters. The molecule has 102 valence electrons. The Morgan fingerprint density at radius 2 is 2.00 bits per heavy atom. The van der Waals surface area contributed by atoms with Crippen LogP contribution in [0.25, 0.3) is 0 Å². The number of nitrogens with zero attached hydrogens (tertiary/aromatic N) is 1. The van der Waals surface area contributed by atoms with Crippen molar-refractivity contribution in [2.75, 3.05) is 12.4 Å². The van der Waals surface area contributed by atoms with Crippen LogP contribution in [0, 0.1) is 0 Å². The van der Waals surface area contributed by atoms with E-state index in [-0.39, 0.29) is 5.75 Å². The van der Waals surface area contributed by atoms with Crippen LogP contribution in [0.4, 0.5) is 5.69 Å². The third-order valence-corrected chi connectivity index (χ3v) is 4.62. The first-order chi connectivity index (χ1) is 9.17. The third-order valence-electron chi connectivity index (χ3n) is 4.62. The van der Waals surface area contributed by atoms with Gasteiger partial charge in [0.15, 0.2) is 0 Å². The summed E-state index contributed by atoms with van der Waals surface area (Å²) >= 11 is 0. The van der Waals surface area contributed by atoms with Gasteiger partial charge in [-0.15, -0.1) is 0 Å². The van der Waals surface area contributed by atoms with Crippen LogP contribution in [-0.4, -0.2) is 41.5 Å². The monoisotopic (exact) mass is 260 g/mol. The molecule has 0 amide bonds. The number of hydrogen-bond acceptors (Lipinski definition) is 4. The minimum absolute atomic E-state index is 0.163. The zero-order chi connectivity index (χ0) is 13.4. The predicted molar refractivity (Wildman–Crippen MR) is 74.7 cm³/mol. The van der Waals surface area contributed by atoms with Gasteiger partial charge in [-0.1, -0.05) is 0 Å². The number of aldehydes is 1. The molecule has 2 unspecified atom stereocenters. The highest BCUT2D eigenvalue weighted by Gasteiger charge is 2.38. The molecule has 1 aromatic carbocycles. The van der Waals surface area contributed by atoms with Crippen LogP contribution in [0.15, 0.2) is 18.2 Å². The molecule has 0 radical (unpaired) electrons. The lowest BCUT2D eigenvalue weighted by Gasteiger charge is -2.37. The summed E-state index contributed by atoms with van der Waals surface area (Å²) in [6.07, 6.45) is 5.58. The van der Waals surface area contributed by atoms with Gasteiger partial charge in [0.05, 0.1) is 5.69 Å². The number of benzene rings is 1. The summed E-state index contributed by atoms with van der Waals surface area (Å²) in [5.41, 5.74) is 1.24. The fourth-order valence-electron chi connectivity index (χ4n) is 3.49. The van der Waals surface area contributed by atoms with Crippen molar-refractivity contribution in [3.8, 4) is 5.75 Å². The van der Waals surface area contributed by atoms with Crippen LogP contribution < -0.4 is 5.32 Å². The Morgan fingerprint density at radius 3 is 2.58 bits per heavy atom. The predicted octanol–water partition coefficient (Wildman–Crippen LogP) is 2.24. The van der Waals surface area contributed by atoms with Gasteiger partial charge in [0.1, 0.15) is 12.0 Å². The average Bonchev–Trinajstić information content (AvgIpc) is 2.64. The molecule has 0 saturated carbocycles. The Morgan fingerprint density at radius 1 is 1.32 bits per heavy atom. The van der Waals surface area contributed by atoms with Gasteiger partial charge < -0.3 is 15.3 Å². The second-order valence-electron chi connectivity index (χ2n) is 5.76. The number of piperidine rings is 1. The van der Waals surface area contributed by atoms with E-state index in [4.69, 9.17) is 0 Å². The van der Waals surface area contributed by atoms with Gasteiger partial charge in [0.25, 0.3) is 0 Å². The zero-order valence-electron chi connectivity index (χ0n) is 11.2. The average molecular weight is 260 g/mol. The Balaban J connectivity index is 1.71.